The van der Waals surface area contributed by atoms with Gasteiger partial charge in [-0.1, -0.05) is 6.07 Å². The van der Waals surface area contributed by atoms with Crippen LogP contribution in [0.5, 0.6) is 11.5 Å². The molecule has 0 radical (unpaired) electrons. The molecule has 0 aromatic heterocycles. The van der Waals surface area contributed by atoms with Gasteiger partial charge in [0.25, 0.3) is 0 Å². The summed E-state index contributed by atoms with van der Waals surface area (Å²) in [7, 11) is 3.80. The average molecular weight is 362 g/mol. The summed E-state index contributed by atoms with van der Waals surface area (Å²) < 4.78 is 10.7. The third-order valence-corrected chi connectivity index (χ3v) is 5.58. The number of benzene rings is 1. The minimum Gasteiger partial charge on any atom is -0.493 e. The van der Waals surface area contributed by atoms with E-state index < -0.39 is 5.97 Å². The molecule has 1 atom stereocenters. The van der Waals surface area contributed by atoms with E-state index in [1.165, 1.54) is 38.8 Å². The van der Waals surface area contributed by atoms with E-state index >= 15 is 0 Å². The molecule has 0 unspecified atom stereocenters. The van der Waals surface area contributed by atoms with Crippen LogP contribution < -0.4 is 9.47 Å². The molecule has 1 aromatic carbocycles. The van der Waals surface area contributed by atoms with Gasteiger partial charge in [0.1, 0.15) is 0 Å². The molecule has 0 saturated carbocycles. The second-order valence-corrected chi connectivity index (χ2v) is 7.82. The maximum absolute atomic E-state index is 10.8. The number of hydrogen-bond acceptors (Lipinski definition) is 5. The van der Waals surface area contributed by atoms with E-state index in [4.69, 9.17) is 14.6 Å². The van der Waals surface area contributed by atoms with Crippen molar-refractivity contribution in [1.29, 1.82) is 0 Å². The summed E-state index contributed by atoms with van der Waals surface area (Å²) in [5, 5.41) is 8.85. The van der Waals surface area contributed by atoms with Crippen molar-refractivity contribution in [2.45, 2.75) is 32.2 Å². The van der Waals surface area contributed by atoms with Crippen LogP contribution in [0, 0.1) is 5.41 Å². The predicted molar refractivity (Wildman–Crippen MR) is 99.8 cm³/mol. The summed E-state index contributed by atoms with van der Waals surface area (Å²) >= 11 is 0. The molecule has 0 aliphatic carbocycles. The number of methoxy groups -OCH3 is 1. The summed E-state index contributed by atoms with van der Waals surface area (Å²) in [6, 6.07) is 5.82. The van der Waals surface area contributed by atoms with Gasteiger partial charge in [0.15, 0.2) is 18.1 Å². The Hall–Kier alpha value is -1.79. The van der Waals surface area contributed by atoms with Crippen LogP contribution in [0.15, 0.2) is 18.2 Å². The van der Waals surface area contributed by atoms with E-state index in [1.54, 1.807) is 7.11 Å². The van der Waals surface area contributed by atoms with Gasteiger partial charge in [0, 0.05) is 19.6 Å². The van der Waals surface area contributed by atoms with Crippen LogP contribution >= 0.6 is 0 Å². The zero-order chi connectivity index (χ0) is 18.6. The molecular formula is C20H30N2O4. The van der Waals surface area contributed by atoms with Crippen LogP contribution in [0.3, 0.4) is 0 Å². The molecule has 2 saturated heterocycles. The molecule has 0 amide bonds. The van der Waals surface area contributed by atoms with E-state index in [-0.39, 0.29) is 6.61 Å². The summed E-state index contributed by atoms with van der Waals surface area (Å²) in [5.74, 6) is 0.0763. The molecule has 144 valence electrons. The molecule has 1 N–H and O–H groups in total. The Kier molecular flexibility index (Phi) is 6.04. The molecule has 3 rings (SSSR count). The highest BCUT2D eigenvalue weighted by Gasteiger charge is 2.38. The van der Waals surface area contributed by atoms with Gasteiger partial charge in [-0.3, -0.25) is 4.90 Å². The summed E-state index contributed by atoms with van der Waals surface area (Å²) in [6.07, 6.45) is 5.18. The monoisotopic (exact) mass is 362 g/mol. The lowest BCUT2D eigenvalue weighted by Gasteiger charge is -2.48. The van der Waals surface area contributed by atoms with Gasteiger partial charge in [-0.15, -0.1) is 0 Å². The smallest absolute Gasteiger partial charge is 0.341 e. The SMILES string of the molecule is COc1ccc(CN2CCC[C@]3(CCCN(C)C3)C2)cc1OCC(=O)O. The zero-order valence-electron chi connectivity index (χ0n) is 15.9. The summed E-state index contributed by atoms with van der Waals surface area (Å²) in [4.78, 5) is 15.8. The van der Waals surface area contributed by atoms with Crippen LogP contribution in [-0.2, 0) is 11.3 Å². The lowest BCUT2D eigenvalue weighted by Crippen LogP contribution is -2.51. The largest absolute Gasteiger partial charge is 0.493 e. The number of piperidine rings is 2. The van der Waals surface area contributed by atoms with Gasteiger partial charge < -0.3 is 19.5 Å². The van der Waals surface area contributed by atoms with Crippen molar-refractivity contribution in [3.63, 3.8) is 0 Å². The van der Waals surface area contributed by atoms with Crippen LogP contribution in [0.2, 0.25) is 0 Å². The Morgan fingerprint density at radius 1 is 1.19 bits per heavy atom. The van der Waals surface area contributed by atoms with Crippen molar-refractivity contribution in [3.8, 4) is 11.5 Å². The fourth-order valence-corrected chi connectivity index (χ4v) is 4.56. The molecule has 2 heterocycles. The third kappa shape index (κ3) is 4.68. The zero-order valence-corrected chi connectivity index (χ0v) is 15.9. The Labute approximate surface area is 155 Å². The third-order valence-electron chi connectivity index (χ3n) is 5.58. The van der Waals surface area contributed by atoms with E-state index in [1.807, 2.05) is 18.2 Å². The fourth-order valence-electron chi connectivity index (χ4n) is 4.56. The summed E-state index contributed by atoms with van der Waals surface area (Å²) in [6.45, 7) is 5.15. The molecule has 1 aromatic rings. The van der Waals surface area contributed by atoms with Gasteiger partial charge in [0.05, 0.1) is 7.11 Å². The number of ether oxygens (including phenoxy) is 2. The molecule has 26 heavy (non-hydrogen) atoms. The van der Waals surface area contributed by atoms with Crippen LogP contribution in [-0.4, -0.2) is 67.8 Å². The molecule has 6 nitrogen and oxygen atoms in total. The van der Waals surface area contributed by atoms with Crippen molar-refractivity contribution in [2.24, 2.45) is 5.41 Å². The molecule has 1 spiro atoms. The number of hydrogen-bond donors (Lipinski definition) is 1. The van der Waals surface area contributed by atoms with Crippen molar-refractivity contribution < 1.29 is 19.4 Å². The van der Waals surface area contributed by atoms with Crippen LogP contribution in [0.25, 0.3) is 0 Å². The number of carbonyl (C=O) groups is 1. The van der Waals surface area contributed by atoms with Crippen molar-refractivity contribution in [1.82, 2.24) is 9.80 Å². The minimum atomic E-state index is -0.989. The van der Waals surface area contributed by atoms with Crippen molar-refractivity contribution in [2.75, 3.05) is 46.9 Å². The van der Waals surface area contributed by atoms with Crippen LogP contribution in [0.1, 0.15) is 31.2 Å². The quantitative estimate of drug-likeness (QED) is 0.839. The maximum atomic E-state index is 10.8. The topological polar surface area (TPSA) is 62.2 Å². The highest BCUT2D eigenvalue weighted by atomic mass is 16.5. The van der Waals surface area contributed by atoms with E-state index in [2.05, 4.69) is 16.8 Å². The Bertz CT molecular complexity index is 632. The van der Waals surface area contributed by atoms with Gasteiger partial charge >= 0.3 is 5.97 Å². The van der Waals surface area contributed by atoms with Gasteiger partial charge in [-0.05, 0) is 68.9 Å². The Morgan fingerprint density at radius 3 is 2.65 bits per heavy atom. The second kappa shape index (κ2) is 8.27. The number of rotatable bonds is 6. The minimum absolute atomic E-state index is 0.362. The van der Waals surface area contributed by atoms with Gasteiger partial charge in [-0.25, -0.2) is 4.79 Å². The number of nitrogens with zero attached hydrogens (tertiary/aromatic N) is 2. The number of likely N-dealkylation sites (tertiary alicyclic amines) is 2. The van der Waals surface area contributed by atoms with E-state index in [9.17, 15) is 4.79 Å². The van der Waals surface area contributed by atoms with Crippen molar-refractivity contribution >= 4 is 5.97 Å². The lowest BCUT2D eigenvalue weighted by molar-refractivity contribution is -0.139. The van der Waals surface area contributed by atoms with Crippen LogP contribution in [0.4, 0.5) is 0 Å². The normalized spacial score (nSPS) is 24.5. The molecular weight excluding hydrogens is 332 g/mol. The van der Waals surface area contributed by atoms with Crippen molar-refractivity contribution in [3.05, 3.63) is 23.8 Å². The number of aliphatic carboxylic acids is 1. The molecule has 0 bridgehead atoms. The highest BCUT2D eigenvalue weighted by molar-refractivity contribution is 5.68. The second-order valence-electron chi connectivity index (χ2n) is 7.82. The Morgan fingerprint density at radius 2 is 1.96 bits per heavy atom. The first-order valence-electron chi connectivity index (χ1n) is 9.42. The Balaban J connectivity index is 1.67. The lowest BCUT2D eigenvalue weighted by atomic mass is 9.74. The van der Waals surface area contributed by atoms with Gasteiger partial charge in [0.2, 0.25) is 0 Å². The molecule has 2 aliphatic rings. The molecule has 2 aliphatic heterocycles. The summed E-state index contributed by atoms with van der Waals surface area (Å²) in [5.41, 5.74) is 1.56. The molecule has 6 heteroatoms. The average Bonchev–Trinajstić information content (AvgIpc) is 2.60. The first-order valence-corrected chi connectivity index (χ1v) is 9.42. The fraction of sp³-hybridized carbons (Fsp3) is 0.650. The first-order chi connectivity index (χ1) is 12.5. The first kappa shape index (κ1) is 19.0. The predicted octanol–water partition coefficient (Wildman–Crippen LogP) is 2.47. The van der Waals surface area contributed by atoms with E-state index in [0.29, 0.717) is 16.9 Å². The number of carboxylic acids is 1. The van der Waals surface area contributed by atoms with E-state index in [0.717, 1.165) is 25.2 Å². The number of carboxylic acid groups (broad SMARTS) is 1. The standard InChI is InChI=1S/C20H30N2O4/c1-21-9-3-7-20(14-21)8-4-10-22(15-20)12-16-5-6-17(25-2)18(11-16)26-13-19(23)24/h5-6,11H,3-4,7-10,12-15H2,1-2H3,(H,23,24)/t20-/m0/s1. The maximum Gasteiger partial charge on any atom is 0.341 e. The highest BCUT2D eigenvalue weighted by Crippen LogP contribution is 2.38. The molecule has 2 fully saturated rings. The van der Waals surface area contributed by atoms with Gasteiger partial charge in [-0.2, -0.15) is 0 Å².